The van der Waals surface area contributed by atoms with Crippen LogP contribution in [0.1, 0.15) is 36.3 Å². The third kappa shape index (κ3) is 4.51. The number of nitrogens with one attached hydrogen (secondary N) is 1. The monoisotopic (exact) mass is 273 g/mol. The molecule has 20 heavy (non-hydrogen) atoms. The predicted molar refractivity (Wildman–Crippen MR) is 80.6 cm³/mol. The van der Waals surface area contributed by atoms with Crippen LogP contribution in [0.2, 0.25) is 0 Å². The van der Waals surface area contributed by atoms with Crippen LogP contribution in [0.5, 0.6) is 0 Å². The summed E-state index contributed by atoms with van der Waals surface area (Å²) < 4.78 is 5.18. The van der Waals surface area contributed by atoms with Crippen LogP contribution in [0.25, 0.3) is 0 Å². The molecule has 1 aromatic carbocycles. The average molecular weight is 273 g/mol. The second-order valence-corrected chi connectivity index (χ2v) is 5.37. The lowest BCUT2D eigenvalue weighted by Crippen LogP contribution is -2.30. The van der Waals surface area contributed by atoms with Gasteiger partial charge in [-0.05, 0) is 44.4 Å². The van der Waals surface area contributed by atoms with Crippen molar-refractivity contribution >= 4 is 0 Å². The molecule has 2 aromatic rings. The Labute approximate surface area is 120 Å². The summed E-state index contributed by atoms with van der Waals surface area (Å²) in [7, 11) is 0. The van der Waals surface area contributed by atoms with Crippen molar-refractivity contribution in [2.75, 3.05) is 6.54 Å². The molecule has 0 aliphatic rings. The maximum atomic E-state index is 9.92. The largest absolute Gasteiger partial charge is 0.467 e. The van der Waals surface area contributed by atoms with Crippen molar-refractivity contribution in [1.82, 2.24) is 5.32 Å². The molecule has 0 aliphatic carbocycles. The molecule has 0 aliphatic heterocycles. The number of hydrogen-bond acceptors (Lipinski definition) is 3. The van der Waals surface area contributed by atoms with Gasteiger partial charge in [-0.15, -0.1) is 0 Å². The Hall–Kier alpha value is -1.58. The Kier molecular flexibility index (Phi) is 5.39. The highest BCUT2D eigenvalue weighted by atomic mass is 16.4. The number of aliphatic hydroxyl groups excluding tert-OH is 1. The van der Waals surface area contributed by atoms with Crippen molar-refractivity contribution in [2.24, 2.45) is 0 Å². The number of rotatable bonds is 7. The number of furan rings is 1. The summed E-state index contributed by atoms with van der Waals surface area (Å²) in [5, 5.41) is 13.3. The lowest BCUT2D eigenvalue weighted by Gasteiger charge is -2.16. The van der Waals surface area contributed by atoms with Gasteiger partial charge in [0.2, 0.25) is 0 Å². The fourth-order valence-corrected chi connectivity index (χ4v) is 2.25. The fourth-order valence-electron chi connectivity index (χ4n) is 2.25. The molecule has 0 amide bonds. The van der Waals surface area contributed by atoms with Gasteiger partial charge in [-0.3, -0.25) is 0 Å². The van der Waals surface area contributed by atoms with E-state index in [1.807, 2.05) is 0 Å². The van der Waals surface area contributed by atoms with Crippen LogP contribution in [0.3, 0.4) is 0 Å². The Bertz CT molecular complexity index is 507. The minimum Gasteiger partial charge on any atom is -0.467 e. The van der Waals surface area contributed by atoms with Gasteiger partial charge >= 0.3 is 0 Å². The van der Waals surface area contributed by atoms with Gasteiger partial charge in [0.25, 0.3) is 0 Å². The van der Waals surface area contributed by atoms with E-state index >= 15 is 0 Å². The SMILES string of the molecule is Cc1cccc(CCC(C)NCC(O)c2ccco2)c1. The van der Waals surface area contributed by atoms with Crippen molar-refractivity contribution in [2.45, 2.75) is 38.8 Å². The van der Waals surface area contributed by atoms with Crippen LogP contribution in [-0.4, -0.2) is 17.7 Å². The highest BCUT2D eigenvalue weighted by molar-refractivity contribution is 5.22. The van der Waals surface area contributed by atoms with Gasteiger partial charge in [-0.2, -0.15) is 0 Å². The van der Waals surface area contributed by atoms with E-state index in [1.165, 1.54) is 11.1 Å². The van der Waals surface area contributed by atoms with Gasteiger partial charge < -0.3 is 14.8 Å². The molecular formula is C17H23NO2. The first-order valence-electron chi connectivity index (χ1n) is 7.15. The molecule has 1 heterocycles. The first-order chi connectivity index (χ1) is 9.65. The second kappa shape index (κ2) is 7.27. The lowest BCUT2D eigenvalue weighted by molar-refractivity contribution is 0.143. The van der Waals surface area contributed by atoms with Gasteiger partial charge in [0.05, 0.1) is 6.26 Å². The smallest absolute Gasteiger partial charge is 0.133 e. The van der Waals surface area contributed by atoms with Gasteiger partial charge in [0, 0.05) is 12.6 Å². The predicted octanol–water partition coefficient (Wildman–Crippen LogP) is 3.23. The molecule has 2 atom stereocenters. The molecule has 0 saturated heterocycles. The highest BCUT2D eigenvalue weighted by Crippen LogP contribution is 2.13. The van der Waals surface area contributed by atoms with Crippen LogP contribution < -0.4 is 5.32 Å². The van der Waals surface area contributed by atoms with E-state index in [1.54, 1.807) is 18.4 Å². The van der Waals surface area contributed by atoms with Crippen molar-refractivity contribution in [3.63, 3.8) is 0 Å². The second-order valence-electron chi connectivity index (χ2n) is 5.37. The van der Waals surface area contributed by atoms with Gasteiger partial charge in [0.15, 0.2) is 0 Å². The van der Waals surface area contributed by atoms with E-state index in [4.69, 9.17) is 4.42 Å². The standard InChI is InChI=1S/C17H23NO2/c1-13-5-3-6-15(11-13)9-8-14(2)18-12-16(19)17-7-4-10-20-17/h3-7,10-11,14,16,18-19H,8-9,12H2,1-2H3. The van der Waals surface area contributed by atoms with Crippen LogP contribution in [0.4, 0.5) is 0 Å². The van der Waals surface area contributed by atoms with E-state index < -0.39 is 6.10 Å². The normalized spacial score (nSPS) is 14.2. The fraction of sp³-hybridized carbons (Fsp3) is 0.412. The molecule has 3 nitrogen and oxygen atoms in total. The molecule has 2 rings (SSSR count). The van der Waals surface area contributed by atoms with Crippen molar-refractivity contribution in [1.29, 1.82) is 0 Å². The van der Waals surface area contributed by atoms with Crippen LogP contribution in [-0.2, 0) is 6.42 Å². The quantitative estimate of drug-likeness (QED) is 0.814. The molecule has 0 radical (unpaired) electrons. The molecule has 3 heteroatoms. The van der Waals surface area contributed by atoms with E-state index in [0.29, 0.717) is 18.3 Å². The summed E-state index contributed by atoms with van der Waals surface area (Å²) in [5.74, 6) is 0.614. The van der Waals surface area contributed by atoms with E-state index in [-0.39, 0.29) is 0 Å². The van der Waals surface area contributed by atoms with Crippen LogP contribution in [0, 0.1) is 6.92 Å². The molecule has 2 unspecified atom stereocenters. The Morgan fingerprint density at radius 2 is 2.10 bits per heavy atom. The molecule has 0 spiro atoms. The third-order valence-corrected chi connectivity index (χ3v) is 3.48. The molecule has 1 aromatic heterocycles. The van der Waals surface area contributed by atoms with E-state index in [0.717, 1.165) is 12.8 Å². The topological polar surface area (TPSA) is 45.4 Å². The zero-order chi connectivity index (χ0) is 14.4. The zero-order valence-electron chi connectivity index (χ0n) is 12.2. The Morgan fingerprint density at radius 1 is 1.25 bits per heavy atom. The van der Waals surface area contributed by atoms with Crippen molar-refractivity contribution in [3.8, 4) is 0 Å². The molecule has 0 fully saturated rings. The first-order valence-corrected chi connectivity index (χ1v) is 7.15. The summed E-state index contributed by atoms with van der Waals surface area (Å²) in [4.78, 5) is 0. The van der Waals surface area contributed by atoms with Gasteiger partial charge in [-0.25, -0.2) is 0 Å². The van der Waals surface area contributed by atoms with Crippen molar-refractivity contribution < 1.29 is 9.52 Å². The molecular weight excluding hydrogens is 250 g/mol. The minimum atomic E-state index is -0.577. The zero-order valence-corrected chi connectivity index (χ0v) is 12.2. The lowest BCUT2D eigenvalue weighted by atomic mass is 10.0. The van der Waals surface area contributed by atoms with Crippen LogP contribution in [0.15, 0.2) is 47.1 Å². The minimum absolute atomic E-state index is 0.361. The number of aliphatic hydroxyl groups is 1. The Morgan fingerprint density at radius 3 is 2.80 bits per heavy atom. The first kappa shape index (κ1) is 14.8. The summed E-state index contributed by atoms with van der Waals surface area (Å²) in [6.07, 6.45) is 3.10. The molecule has 0 saturated carbocycles. The number of benzene rings is 1. The molecule has 108 valence electrons. The van der Waals surface area contributed by atoms with Crippen molar-refractivity contribution in [3.05, 3.63) is 59.5 Å². The molecule has 0 bridgehead atoms. The summed E-state index contributed by atoms with van der Waals surface area (Å²) in [6.45, 7) is 4.78. The number of aryl methyl sites for hydroxylation is 2. The maximum Gasteiger partial charge on any atom is 0.133 e. The van der Waals surface area contributed by atoms with Gasteiger partial charge in [-0.1, -0.05) is 29.8 Å². The van der Waals surface area contributed by atoms with Crippen LogP contribution >= 0.6 is 0 Å². The molecule has 2 N–H and O–H groups in total. The van der Waals surface area contributed by atoms with Gasteiger partial charge in [0.1, 0.15) is 11.9 Å². The number of hydrogen-bond donors (Lipinski definition) is 2. The van der Waals surface area contributed by atoms with E-state index in [2.05, 4.69) is 43.4 Å². The average Bonchev–Trinajstić information content (AvgIpc) is 2.97. The summed E-state index contributed by atoms with van der Waals surface area (Å²) in [5.41, 5.74) is 2.67. The summed E-state index contributed by atoms with van der Waals surface area (Å²) in [6, 6.07) is 12.6. The highest BCUT2D eigenvalue weighted by Gasteiger charge is 2.11. The third-order valence-electron chi connectivity index (χ3n) is 3.48. The maximum absolute atomic E-state index is 9.92. The Balaban J connectivity index is 1.71. The van der Waals surface area contributed by atoms with E-state index in [9.17, 15) is 5.11 Å². The summed E-state index contributed by atoms with van der Waals surface area (Å²) >= 11 is 0.